The van der Waals surface area contributed by atoms with Crippen molar-refractivity contribution in [2.24, 2.45) is 0 Å². The molecule has 0 radical (unpaired) electrons. The first kappa shape index (κ1) is 9.73. The minimum absolute atomic E-state index is 0.0254. The molecule has 0 aliphatic carbocycles. The number of aromatic nitrogens is 3. The summed E-state index contributed by atoms with van der Waals surface area (Å²) in [6.07, 6.45) is -4.71. The molecule has 1 aromatic carbocycles. The van der Waals surface area contributed by atoms with Crippen LogP contribution in [0.2, 0.25) is 5.88 Å². The van der Waals surface area contributed by atoms with E-state index in [-0.39, 0.29) is 25.9 Å². The van der Waals surface area contributed by atoms with Crippen molar-refractivity contribution < 1.29 is 18.1 Å². The zero-order chi connectivity index (χ0) is 27.7. The van der Waals surface area contributed by atoms with Crippen LogP contribution in [-0.4, -0.2) is 39.0 Å². The van der Waals surface area contributed by atoms with Gasteiger partial charge in [0, 0.05) is 32.5 Å². The first-order chi connectivity index (χ1) is 17.1. The van der Waals surface area contributed by atoms with Crippen molar-refractivity contribution in [1.29, 1.82) is 5.26 Å². The molecular formula is C18H16ClFN6S. The van der Waals surface area contributed by atoms with E-state index < -0.39 is 73.4 Å². The van der Waals surface area contributed by atoms with Crippen LogP contribution in [0.15, 0.2) is 24.5 Å². The normalized spacial score (nSPS) is 27.1. The molecule has 0 bridgehead atoms. The van der Waals surface area contributed by atoms with Crippen molar-refractivity contribution in [2.75, 3.05) is 18.4 Å². The predicted octanol–water partition coefficient (Wildman–Crippen LogP) is 3.83. The standard InChI is InChI=1S/C18H16ClFN6S/c19-18-25-15-16(22-10-23-17(15)27-18)24-13-3-5-26(6-4-13)9-11-1-2-14(20)12(7-11)8-21/h1-2,7,10,13H,3-6,9H2,(H,22,23,24)/i1D,2D,3D2,4D2,7D,9D,13D/hD. The van der Waals surface area contributed by atoms with Crippen molar-refractivity contribution in [2.45, 2.75) is 25.3 Å². The summed E-state index contributed by atoms with van der Waals surface area (Å²) in [6, 6.07) is -4.25. The van der Waals surface area contributed by atoms with E-state index in [0.29, 0.717) is 0 Å². The second-order valence-electron chi connectivity index (χ2n) is 5.26. The third-order valence-electron chi connectivity index (χ3n) is 3.48. The Balaban J connectivity index is 1.78. The minimum atomic E-state index is -2.94. The molecule has 3 heterocycles. The third kappa shape index (κ3) is 4.00. The number of nitrogens with one attached hydrogen (secondary N) is 1. The van der Waals surface area contributed by atoms with E-state index in [1.807, 2.05) is 0 Å². The van der Waals surface area contributed by atoms with Gasteiger partial charge in [-0.3, -0.25) is 4.90 Å². The average Bonchev–Trinajstić information content (AvgIpc) is 3.20. The molecule has 3 aromatic rings. The smallest absolute Gasteiger partial charge is 0.186 e. The number of rotatable bonds is 4. The minimum Gasteiger partial charge on any atom is -0.365 e. The summed E-state index contributed by atoms with van der Waals surface area (Å²) in [7, 11) is 0. The highest BCUT2D eigenvalue weighted by Gasteiger charge is 2.21. The van der Waals surface area contributed by atoms with E-state index in [4.69, 9.17) is 25.3 Å². The van der Waals surface area contributed by atoms with Gasteiger partial charge in [0.2, 0.25) is 0 Å². The van der Waals surface area contributed by atoms with Crippen molar-refractivity contribution >= 4 is 39.1 Å². The first-order valence-corrected chi connectivity index (χ1v) is 8.70. The monoisotopic (exact) mass is 412 g/mol. The van der Waals surface area contributed by atoms with Crippen LogP contribution in [0.1, 0.15) is 36.2 Å². The van der Waals surface area contributed by atoms with E-state index in [2.05, 4.69) is 15.0 Å². The fourth-order valence-electron chi connectivity index (χ4n) is 2.28. The number of thiazole rings is 1. The highest BCUT2D eigenvalue weighted by Crippen LogP contribution is 2.28. The van der Waals surface area contributed by atoms with Gasteiger partial charge in [-0.1, -0.05) is 29.0 Å². The van der Waals surface area contributed by atoms with Crippen LogP contribution >= 0.6 is 22.9 Å². The van der Waals surface area contributed by atoms with Gasteiger partial charge in [0.05, 0.1) is 11.0 Å². The van der Waals surface area contributed by atoms with Crippen LogP contribution in [-0.2, 0) is 6.52 Å². The Bertz CT molecular complexity index is 1430. The van der Waals surface area contributed by atoms with Crippen LogP contribution < -0.4 is 5.31 Å². The van der Waals surface area contributed by atoms with Gasteiger partial charge in [-0.15, -0.1) is 0 Å². The fraction of sp³-hybridized carbons (Fsp3) is 0.333. The molecule has 1 aliphatic heterocycles. The number of anilines is 1. The van der Waals surface area contributed by atoms with Gasteiger partial charge in [0.15, 0.2) is 11.7 Å². The van der Waals surface area contributed by atoms with Crippen molar-refractivity contribution in [3.63, 3.8) is 0 Å². The van der Waals surface area contributed by atoms with E-state index in [1.54, 1.807) is 0 Å². The lowest BCUT2D eigenvalue weighted by Crippen LogP contribution is -2.38. The lowest BCUT2D eigenvalue weighted by Gasteiger charge is -2.32. The lowest BCUT2D eigenvalue weighted by molar-refractivity contribution is 0.211. The highest BCUT2D eigenvalue weighted by molar-refractivity contribution is 7.21. The van der Waals surface area contributed by atoms with Gasteiger partial charge in [-0.25, -0.2) is 19.3 Å². The summed E-state index contributed by atoms with van der Waals surface area (Å²) in [5, 5.41) is 9.46. The molecular weight excluding hydrogens is 387 g/mol. The van der Waals surface area contributed by atoms with Crippen molar-refractivity contribution in [3.05, 3.63) is 45.9 Å². The summed E-state index contributed by atoms with van der Waals surface area (Å²) in [5.41, 5.74) is -1.47. The molecule has 27 heavy (non-hydrogen) atoms. The molecule has 0 spiro atoms. The van der Waals surface area contributed by atoms with Crippen molar-refractivity contribution in [3.8, 4) is 6.07 Å². The summed E-state index contributed by atoms with van der Waals surface area (Å²) in [4.78, 5) is 13.0. The van der Waals surface area contributed by atoms with Gasteiger partial charge in [0.25, 0.3) is 0 Å². The maximum absolute atomic E-state index is 14.2. The molecule has 1 atom stereocenters. The van der Waals surface area contributed by atoms with E-state index in [1.165, 1.54) is 6.07 Å². The fourth-order valence-corrected chi connectivity index (χ4v) is 3.21. The number of piperidine rings is 1. The molecule has 1 saturated heterocycles. The third-order valence-corrected chi connectivity index (χ3v) is 4.54. The zero-order valence-electron chi connectivity index (χ0n) is 23.4. The number of nitriles is 1. The topological polar surface area (TPSA) is 77.7 Å². The maximum Gasteiger partial charge on any atom is 0.186 e. The van der Waals surface area contributed by atoms with Gasteiger partial charge >= 0.3 is 0 Å². The first-order valence-electron chi connectivity index (χ1n) is 12.5. The average molecular weight is 413 g/mol. The Morgan fingerprint density at radius 3 is 3.15 bits per heavy atom. The molecule has 9 heteroatoms. The molecule has 0 saturated carbocycles. The Labute approximate surface area is 178 Å². The maximum atomic E-state index is 14.2. The number of halogens is 2. The van der Waals surface area contributed by atoms with Crippen LogP contribution in [0.5, 0.6) is 0 Å². The van der Waals surface area contributed by atoms with Gasteiger partial charge in [-0.05, 0) is 30.4 Å². The van der Waals surface area contributed by atoms with Crippen LogP contribution in [0.4, 0.5) is 10.2 Å². The molecule has 6 nitrogen and oxygen atoms in total. The Morgan fingerprint density at radius 2 is 2.37 bits per heavy atom. The van der Waals surface area contributed by atoms with Gasteiger partial charge < -0.3 is 5.31 Å². The number of hydrogen-bond donors (Lipinski definition) is 1. The van der Waals surface area contributed by atoms with Crippen LogP contribution in [0.3, 0.4) is 0 Å². The molecule has 1 N–H and O–H groups in total. The van der Waals surface area contributed by atoms with Crippen LogP contribution in [0, 0.1) is 17.1 Å². The number of benzene rings is 1. The molecule has 138 valence electrons. The largest absolute Gasteiger partial charge is 0.365 e. The van der Waals surface area contributed by atoms with Crippen molar-refractivity contribution in [1.82, 2.24) is 19.9 Å². The second-order valence-corrected chi connectivity index (χ2v) is 6.82. The Hall–Kier alpha value is -2.34. The van der Waals surface area contributed by atoms with E-state index in [0.717, 1.165) is 22.6 Å². The zero-order valence-corrected chi connectivity index (χ0v) is 15.0. The molecule has 4 rings (SSSR count). The predicted molar refractivity (Wildman–Crippen MR) is 103 cm³/mol. The highest BCUT2D eigenvalue weighted by atomic mass is 35.5. The molecule has 0 amide bonds. The number of nitrogens with zero attached hydrogens (tertiary/aromatic N) is 5. The van der Waals surface area contributed by atoms with E-state index in [9.17, 15) is 9.65 Å². The van der Waals surface area contributed by atoms with Crippen LogP contribution in [0.25, 0.3) is 10.3 Å². The molecule has 1 unspecified atom stereocenters. The summed E-state index contributed by atoms with van der Waals surface area (Å²) < 4.78 is 98.6. The molecule has 1 fully saturated rings. The van der Waals surface area contributed by atoms with Gasteiger partial charge in [0.1, 0.15) is 28.6 Å². The summed E-state index contributed by atoms with van der Waals surface area (Å²) >= 11 is 6.87. The number of likely N-dealkylation sites (tertiary alicyclic amines) is 1. The Morgan fingerprint density at radius 1 is 1.56 bits per heavy atom. The summed E-state index contributed by atoms with van der Waals surface area (Å²) in [6.45, 7) is -3.50. The SMILES string of the molecule is [2H]c1c([2H])c(C([2H])N2CC([2H])([2H])C([2H])(N([2H])c3ncnc4sc(Cl)nc34)C([2H])([2H])C2)c([2H])c(C#N)c1F. The number of hydrogen-bond acceptors (Lipinski definition) is 7. The molecule has 2 aromatic heterocycles. The lowest BCUT2D eigenvalue weighted by atomic mass is 10.0. The second kappa shape index (κ2) is 7.72. The van der Waals surface area contributed by atoms with E-state index >= 15 is 0 Å². The Kier molecular flexibility index (Phi) is 2.78. The van der Waals surface area contributed by atoms with Gasteiger partial charge in [-0.2, -0.15) is 5.26 Å². The molecule has 1 aliphatic rings. The quantitative estimate of drug-likeness (QED) is 0.701. The summed E-state index contributed by atoms with van der Waals surface area (Å²) in [5.74, 6) is -1.75. The number of fused-ring (bicyclic) bond motifs is 1.